The number of alkyl halides is 1. The first-order chi connectivity index (χ1) is 12.7. The fourth-order valence-electron chi connectivity index (χ4n) is 4.75. The van der Waals surface area contributed by atoms with E-state index in [4.69, 9.17) is 0 Å². The number of aliphatic hydroxyl groups is 1. The molecule has 3 heteroatoms. The Kier molecular flexibility index (Phi) is 3.49. The van der Waals surface area contributed by atoms with E-state index < -0.39 is 17.8 Å². The number of fused-ring (bicyclic) bond motifs is 3. The third-order valence-electron chi connectivity index (χ3n) is 5.81. The van der Waals surface area contributed by atoms with Crippen LogP contribution in [0.2, 0.25) is 0 Å². The summed E-state index contributed by atoms with van der Waals surface area (Å²) in [7, 11) is 0. The van der Waals surface area contributed by atoms with Gasteiger partial charge in [0.25, 0.3) is 0 Å². The van der Waals surface area contributed by atoms with Crippen LogP contribution in [0.3, 0.4) is 0 Å². The van der Waals surface area contributed by atoms with Crippen molar-refractivity contribution in [2.75, 3.05) is 13.1 Å². The molecule has 130 valence electrons. The summed E-state index contributed by atoms with van der Waals surface area (Å²) >= 11 is 0. The molecule has 1 aliphatic heterocycles. The Morgan fingerprint density at radius 2 is 1.31 bits per heavy atom. The third kappa shape index (κ3) is 1.99. The van der Waals surface area contributed by atoms with Gasteiger partial charge >= 0.3 is 0 Å². The molecule has 0 saturated carbocycles. The Bertz CT molecular complexity index is 900. The second-order valence-electron chi connectivity index (χ2n) is 7.16. The monoisotopic (exact) mass is 345 g/mol. The molecule has 1 fully saturated rings. The number of hydrogen-bond donors (Lipinski definition) is 1. The molecule has 2 atom stereocenters. The number of β-amino-alcohol motifs (C(OH)–C–C–N with tert-alkyl or cyclic N) is 1. The Hall–Kier alpha value is -2.49. The topological polar surface area (TPSA) is 23.5 Å². The molecule has 0 spiro atoms. The van der Waals surface area contributed by atoms with Crippen LogP contribution in [0, 0.1) is 0 Å². The lowest BCUT2D eigenvalue weighted by Gasteiger charge is -2.41. The number of rotatable bonds is 2. The summed E-state index contributed by atoms with van der Waals surface area (Å²) in [5, 5.41) is 10.2. The van der Waals surface area contributed by atoms with E-state index in [0.717, 1.165) is 16.7 Å². The average Bonchev–Trinajstić information content (AvgIpc) is 3.18. The van der Waals surface area contributed by atoms with Gasteiger partial charge in [0.2, 0.25) is 0 Å². The highest BCUT2D eigenvalue weighted by Gasteiger charge is 2.52. The first kappa shape index (κ1) is 15.7. The molecule has 3 aromatic rings. The lowest BCUT2D eigenvalue weighted by atomic mass is 9.79. The van der Waals surface area contributed by atoms with Crippen LogP contribution in [0.25, 0.3) is 11.1 Å². The molecule has 0 amide bonds. The van der Waals surface area contributed by atoms with Crippen LogP contribution < -0.4 is 0 Å². The zero-order valence-corrected chi connectivity index (χ0v) is 14.3. The molecule has 2 nitrogen and oxygen atoms in total. The quantitative estimate of drug-likeness (QED) is 0.760. The van der Waals surface area contributed by atoms with Crippen LogP contribution >= 0.6 is 0 Å². The van der Waals surface area contributed by atoms with Gasteiger partial charge in [0, 0.05) is 13.1 Å². The van der Waals surface area contributed by atoms with Crippen LogP contribution in [-0.4, -0.2) is 35.4 Å². The maximum absolute atomic E-state index is 14.4. The van der Waals surface area contributed by atoms with Crippen LogP contribution in [0.4, 0.5) is 4.39 Å². The van der Waals surface area contributed by atoms with Gasteiger partial charge in [0.05, 0.1) is 11.6 Å². The van der Waals surface area contributed by atoms with E-state index in [2.05, 4.69) is 41.3 Å². The van der Waals surface area contributed by atoms with E-state index in [1.165, 1.54) is 11.1 Å². The summed E-state index contributed by atoms with van der Waals surface area (Å²) < 4.78 is 14.4. The van der Waals surface area contributed by atoms with Crippen LogP contribution in [-0.2, 0) is 5.54 Å². The van der Waals surface area contributed by atoms with E-state index in [9.17, 15) is 9.50 Å². The van der Waals surface area contributed by atoms with Gasteiger partial charge < -0.3 is 5.11 Å². The first-order valence-corrected chi connectivity index (χ1v) is 9.05. The SMILES string of the molecule is O[C@@H]1CN(C2(c3ccccc3)c3ccccc3-c3ccccc32)C[C@H]1F. The molecule has 5 rings (SSSR count). The zero-order valence-electron chi connectivity index (χ0n) is 14.3. The molecule has 1 N–H and O–H groups in total. The van der Waals surface area contributed by atoms with Crippen molar-refractivity contribution in [3.63, 3.8) is 0 Å². The molecule has 2 aliphatic rings. The maximum Gasteiger partial charge on any atom is 0.140 e. The van der Waals surface area contributed by atoms with Gasteiger partial charge in [-0.05, 0) is 27.8 Å². The molecule has 0 radical (unpaired) electrons. The van der Waals surface area contributed by atoms with Crippen molar-refractivity contribution < 1.29 is 9.50 Å². The first-order valence-electron chi connectivity index (χ1n) is 9.05. The largest absolute Gasteiger partial charge is 0.389 e. The second kappa shape index (κ2) is 5.76. The summed E-state index contributed by atoms with van der Waals surface area (Å²) in [6.45, 7) is 0.539. The van der Waals surface area contributed by atoms with Gasteiger partial charge in [-0.1, -0.05) is 78.9 Å². The number of aliphatic hydroxyl groups excluding tert-OH is 1. The Balaban J connectivity index is 1.86. The molecule has 3 aromatic carbocycles. The van der Waals surface area contributed by atoms with Crippen molar-refractivity contribution in [3.05, 3.63) is 95.6 Å². The standard InChI is InChI=1S/C23H20FNO/c24-21-14-25(15-22(21)26)23(16-8-2-1-3-9-16)19-12-6-4-10-17(19)18-11-5-7-13-20(18)23/h1-13,21-22,26H,14-15H2/t21-,22-/m1/s1. The van der Waals surface area contributed by atoms with E-state index in [-0.39, 0.29) is 6.54 Å². The number of likely N-dealkylation sites (tertiary alicyclic amines) is 1. The summed E-state index contributed by atoms with van der Waals surface area (Å²) in [5.74, 6) is 0. The lowest BCUT2D eigenvalue weighted by molar-refractivity contribution is 0.112. The summed E-state index contributed by atoms with van der Waals surface area (Å²) in [4.78, 5) is 2.11. The van der Waals surface area contributed by atoms with Gasteiger partial charge in [-0.2, -0.15) is 0 Å². The molecule has 0 bridgehead atoms. The van der Waals surface area contributed by atoms with Crippen molar-refractivity contribution in [3.8, 4) is 11.1 Å². The summed E-state index contributed by atoms with van der Waals surface area (Å²) in [5.41, 5.74) is 5.23. The third-order valence-corrected chi connectivity index (χ3v) is 5.81. The lowest BCUT2D eigenvalue weighted by Crippen LogP contribution is -2.46. The summed E-state index contributed by atoms with van der Waals surface area (Å²) in [6.07, 6.45) is -2.17. The molecule has 0 aromatic heterocycles. The molecular weight excluding hydrogens is 325 g/mol. The number of benzene rings is 3. The fraction of sp³-hybridized carbons (Fsp3) is 0.217. The van der Waals surface area contributed by atoms with Gasteiger partial charge in [-0.25, -0.2) is 4.39 Å². The van der Waals surface area contributed by atoms with Crippen LogP contribution in [0.5, 0.6) is 0 Å². The Labute approximate surface area is 152 Å². The molecular formula is C23H20FNO. The summed E-state index contributed by atoms with van der Waals surface area (Å²) in [6, 6.07) is 27.0. The van der Waals surface area contributed by atoms with E-state index in [0.29, 0.717) is 6.54 Å². The van der Waals surface area contributed by atoms with Crippen LogP contribution in [0.15, 0.2) is 78.9 Å². The number of hydrogen-bond acceptors (Lipinski definition) is 2. The van der Waals surface area contributed by atoms with Gasteiger partial charge in [0.1, 0.15) is 6.17 Å². The van der Waals surface area contributed by atoms with Crippen molar-refractivity contribution in [1.29, 1.82) is 0 Å². The van der Waals surface area contributed by atoms with Crippen LogP contribution in [0.1, 0.15) is 16.7 Å². The highest BCUT2D eigenvalue weighted by atomic mass is 19.1. The second-order valence-corrected chi connectivity index (χ2v) is 7.16. The van der Waals surface area contributed by atoms with E-state index >= 15 is 0 Å². The zero-order chi connectivity index (χ0) is 17.7. The molecule has 1 heterocycles. The minimum Gasteiger partial charge on any atom is -0.389 e. The predicted octanol–water partition coefficient (Wildman–Crippen LogP) is 3.97. The fourth-order valence-corrected chi connectivity index (χ4v) is 4.75. The van der Waals surface area contributed by atoms with Gasteiger partial charge in [-0.15, -0.1) is 0 Å². The molecule has 1 aliphatic carbocycles. The minimum absolute atomic E-state index is 0.221. The van der Waals surface area contributed by atoms with Gasteiger partial charge in [-0.3, -0.25) is 4.90 Å². The van der Waals surface area contributed by atoms with E-state index in [1.807, 2.05) is 42.5 Å². The van der Waals surface area contributed by atoms with Crippen molar-refractivity contribution in [2.45, 2.75) is 17.8 Å². The Morgan fingerprint density at radius 3 is 1.85 bits per heavy atom. The highest BCUT2D eigenvalue weighted by Crippen LogP contribution is 2.54. The smallest absolute Gasteiger partial charge is 0.140 e. The normalized spacial score (nSPS) is 23.6. The number of nitrogens with zero attached hydrogens (tertiary/aromatic N) is 1. The van der Waals surface area contributed by atoms with Crippen molar-refractivity contribution >= 4 is 0 Å². The molecule has 26 heavy (non-hydrogen) atoms. The maximum atomic E-state index is 14.4. The minimum atomic E-state index is -1.23. The van der Waals surface area contributed by atoms with Gasteiger partial charge in [0.15, 0.2) is 0 Å². The highest BCUT2D eigenvalue weighted by molar-refractivity contribution is 5.83. The number of halogens is 1. The predicted molar refractivity (Wildman–Crippen MR) is 101 cm³/mol. The molecule has 1 saturated heterocycles. The van der Waals surface area contributed by atoms with Crippen molar-refractivity contribution in [2.24, 2.45) is 0 Å². The van der Waals surface area contributed by atoms with E-state index in [1.54, 1.807) is 0 Å². The Morgan fingerprint density at radius 1 is 0.769 bits per heavy atom. The molecule has 0 unspecified atom stereocenters. The average molecular weight is 345 g/mol. The van der Waals surface area contributed by atoms with Crippen molar-refractivity contribution in [1.82, 2.24) is 4.90 Å².